The van der Waals surface area contributed by atoms with Crippen LogP contribution in [0.4, 0.5) is 11.4 Å². The zero-order valence-electron chi connectivity index (χ0n) is 38.9. The Hall–Kier alpha value is -5.90. The Balaban J connectivity index is 0.00000560. The summed E-state index contributed by atoms with van der Waals surface area (Å²) in [6.07, 6.45) is 1.91. The Morgan fingerprint density at radius 2 is 1.20 bits per heavy atom. The molecular formula is C58H57N4OPt-3. The summed E-state index contributed by atoms with van der Waals surface area (Å²) in [6, 6.07) is 54.8. The largest absolute Gasteiger partial charge is 0.509 e. The molecular weight excluding hydrogens is 964 g/mol. The number of pyridine rings is 1. The van der Waals surface area contributed by atoms with Gasteiger partial charge in [-0.25, -0.2) is 4.98 Å². The Morgan fingerprint density at radius 1 is 0.547 bits per heavy atom. The maximum absolute atomic E-state index is 6.97. The van der Waals surface area contributed by atoms with Crippen molar-refractivity contribution in [2.45, 2.75) is 81.6 Å². The van der Waals surface area contributed by atoms with Crippen LogP contribution in [0.3, 0.4) is 0 Å². The van der Waals surface area contributed by atoms with Gasteiger partial charge in [0, 0.05) is 72.2 Å². The van der Waals surface area contributed by atoms with E-state index in [4.69, 9.17) is 9.72 Å². The van der Waals surface area contributed by atoms with Gasteiger partial charge in [-0.2, -0.15) is 6.07 Å². The molecule has 5 nitrogen and oxygen atoms in total. The van der Waals surface area contributed by atoms with Crippen LogP contribution in [0.5, 0.6) is 11.5 Å². The van der Waals surface area contributed by atoms with Crippen molar-refractivity contribution in [3.63, 3.8) is 0 Å². The van der Waals surface area contributed by atoms with Gasteiger partial charge >= 0.3 is 0 Å². The second-order valence-corrected chi connectivity index (χ2v) is 20.0. The van der Waals surface area contributed by atoms with Crippen LogP contribution in [0.1, 0.15) is 79.0 Å². The normalized spacial score (nSPS) is 13.5. The molecule has 2 aromatic heterocycles. The molecule has 8 aromatic rings. The molecule has 1 aliphatic heterocycles. The number of hydrogen-bond donors (Lipinski definition) is 0. The van der Waals surface area contributed by atoms with Crippen molar-refractivity contribution in [3.8, 4) is 39.6 Å². The van der Waals surface area contributed by atoms with E-state index in [0.717, 1.165) is 44.6 Å². The first kappa shape index (κ1) is 44.7. The van der Waals surface area contributed by atoms with Gasteiger partial charge in [0.1, 0.15) is 5.82 Å². The van der Waals surface area contributed by atoms with Crippen LogP contribution in [0.25, 0.3) is 49.9 Å². The molecule has 0 fully saturated rings. The van der Waals surface area contributed by atoms with Gasteiger partial charge in [0.15, 0.2) is 0 Å². The smallest absolute Gasteiger partial charge is 0.135 e. The van der Waals surface area contributed by atoms with Crippen LogP contribution in [0, 0.1) is 43.5 Å². The first-order chi connectivity index (χ1) is 30.0. The average Bonchev–Trinajstić information content (AvgIpc) is 3.82. The number of aryl methyl sites for hydroxylation is 2. The summed E-state index contributed by atoms with van der Waals surface area (Å²) in [5.74, 6) is 2.07. The summed E-state index contributed by atoms with van der Waals surface area (Å²) in [6.45, 7) is 27.2. The Kier molecular flexibility index (Phi) is 11.8. The van der Waals surface area contributed by atoms with Crippen LogP contribution in [0.15, 0.2) is 151 Å². The molecule has 64 heavy (non-hydrogen) atoms. The molecule has 0 aliphatic carbocycles. The first-order valence-corrected chi connectivity index (χ1v) is 22.0. The van der Waals surface area contributed by atoms with Gasteiger partial charge in [0.2, 0.25) is 0 Å². The summed E-state index contributed by atoms with van der Waals surface area (Å²) < 4.78 is 9.18. The average molecular weight is 1020 g/mol. The minimum atomic E-state index is -0.237. The van der Waals surface area contributed by atoms with Gasteiger partial charge in [-0.15, -0.1) is 53.6 Å². The van der Waals surface area contributed by atoms with Crippen LogP contribution in [-0.2, 0) is 26.5 Å². The molecule has 0 amide bonds. The molecule has 0 N–H and O–H groups in total. The molecule has 0 atom stereocenters. The van der Waals surface area contributed by atoms with Crippen LogP contribution in [-0.4, -0.2) is 9.55 Å². The van der Waals surface area contributed by atoms with Gasteiger partial charge in [-0.1, -0.05) is 147 Å². The molecule has 6 aromatic carbocycles. The number of hydrogen-bond acceptors (Lipinski definition) is 4. The summed E-state index contributed by atoms with van der Waals surface area (Å²) in [4.78, 5) is 9.63. The van der Waals surface area contributed by atoms with E-state index in [1.165, 1.54) is 44.8 Å². The fraction of sp³-hybridized carbons (Fsp3) is 0.241. The van der Waals surface area contributed by atoms with Crippen molar-refractivity contribution < 1.29 is 25.8 Å². The van der Waals surface area contributed by atoms with E-state index >= 15 is 0 Å². The molecule has 0 saturated heterocycles. The summed E-state index contributed by atoms with van der Waals surface area (Å²) in [7, 11) is 0. The maximum Gasteiger partial charge on any atom is 0.135 e. The number of anilines is 2. The Morgan fingerprint density at radius 3 is 1.91 bits per heavy atom. The second kappa shape index (κ2) is 16.9. The second-order valence-electron chi connectivity index (χ2n) is 20.0. The third-order valence-corrected chi connectivity index (χ3v) is 12.1. The fourth-order valence-corrected chi connectivity index (χ4v) is 9.16. The number of para-hydroxylation sites is 1. The number of ether oxygens (including phenoxy) is 1. The van der Waals surface area contributed by atoms with Crippen molar-refractivity contribution in [2.75, 3.05) is 9.80 Å². The van der Waals surface area contributed by atoms with Crippen LogP contribution >= 0.6 is 0 Å². The zero-order chi connectivity index (χ0) is 44.4. The number of fused-ring (bicyclic) bond motifs is 3. The molecule has 0 bridgehead atoms. The van der Waals surface area contributed by atoms with E-state index in [1.807, 2.05) is 12.3 Å². The predicted molar refractivity (Wildman–Crippen MR) is 263 cm³/mol. The van der Waals surface area contributed by atoms with E-state index in [9.17, 15) is 0 Å². The number of aromatic nitrogens is 2. The molecule has 0 radical (unpaired) electrons. The molecule has 328 valence electrons. The number of benzene rings is 6. The maximum atomic E-state index is 6.97. The van der Waals surface area contributed by atoms with Crippen LogP contribution in [0.2, 0.25) is 0 Å². The fourth-order valence-electron chi connectivity index (χ4n) is 9.16. The van der Waals surface area contributed by atoms with Crippen molar-refractivity contribution in [2.24, 2.45) is 10.8 Å². The molecule has 0 saturated carbocycles. The first-order valence-electron chi connectivity index (χ1n) is 22.0. The van der Waals surface area contributed by atoms with E-state index in [2.05, 4.69) is 237 Å². The van der Waals surface area contributed by atoms with Crippen molar-refractivity contribution in [3.05, 3.63) is 187 Å². The van der Waals surface area contributed by atoms with Crippen molar-refractivity contribution in [1.82, 2.24) is 9.55 Å². The minimum Gasteiger partial charge on any atom is -0.509 e. The summed E-state index contributed by atoms with van der Waals surface area (Å²) in [5.41, 5.74) is 14.2. The van der Waals surface area contributed by atoms with Gasteiger partial charge in [0.05, 0.1) is 0 Å². The van der Waals surface area contributed by atoms with E-state index in [-0.39, 0.29) is 37.3 Å². The molecule has 0 spiro atoms. The molecule has 6 heteroatoms. The van der Waals surface area contributed by atoms with E-state index < -0.39 is 0 Å². The molecule has 0 unspecified atom stereocenters. The molecule has 1 aliphatic rings. The van der Waals surface area contributed by atoms with Gasteiger partial charge in [-0.05, 0) is 88.4 Å². The third kappa shape index (κ3) is 8.43. The third-order valence-electron chi connectivity index (χ3n) is 12.1. The predicted octanol–water partition coefficient (Wildman–Crippen LogP) is 15.6. The monoisotopic (exact) mass is 1020 g/mol. The standard InChI is InChI=1S/C58H57N4O.Pt/c1-38-19-17-20-39(2)53(38)42-32-45(61-37-60(54(57(6,7)8)55(61)58(9,10)11)44-24-18-23-41(31-44)40-21-13-12-14-22-40)35-47(33-42)63-46-27-28-49-48-25-15-16-26-50(48)62(51(49)36-46)52-34-43(29-30-59-52)56(3,4)5;/h12-34,37H,1-11H3;/q-3;. The Bertz CT molecular complexity index is 3030. The number of allylic oxidation sites excluding steroid dienone is 2. The quantitative estimate of drug-likeness (QED) is 0.149. The number of nitrogens with zero attached hydrogens (tertiary/aromatic N) is 4. The van der Waals surface area contributed by atoms with Crippen molar-refractivity contribution in [1.29, 1.82) is 0 Å². The van der Waals surface area contributed by atoms with Crippen molar-refractivity contribution >= 4 is 33.2 Å². The van der Waals surface area contributed by atoms with E-state index in [1.54, 1.807) is 0 Å². The van der Waals surface area contributed by atoms with Gasteiger partial charge in [0.25, 0.3) is 0 Å². The molecule has 9 rings (SSSR count). The SMILES string of the molecule is Cc1cccc(C)c1-c1cc(Oc2[c-]c3c(cc2)c2ccccc2n3-c2cc(C(C)(C)C)ccn2)[c-]c(N2[CH-]N(c3cccc(-c4ccccc4)c3)C(C(C)(C)C)=C2C(C)(C)C)c1.[Pt]. The number of rotatable bonds is 7. The zero-order valence-corrected chi connectivity index (χ0v) is 41.1. The van der Waals surface area contributed by atoms with Gasteiger partial charge in [-0.3, -0.25) is 0 Å². The topological polar surface area (TPSA) is 33.5 Å². The summed E-state index contributed by atoms with van der Waals surface area (Å²) in [5, 5.41) is 2.23. The van der Waals surface area contributed by atoms with Gasteiger partial charge < -0.3 is 19.1 Å². The summed E-state index contributed by atoms with van der Waals surface area (Å²) >= 11 is 0. The van der Waals surface area contributed by atoms with E-state index in [0.29, 0.717) is 11.5 Å². The van der Waals surface area contributed by atoms with Crippen LogP contribution < -0.4 is 14.5 Å². The minimum absolute atomic E-state index is 0. The Labute approximate surface area is 394 Å². The molecule has 3 heterocycles.